The molecule has 138 valence electrons. The van der Waals surface area contributed by atoms with Gasteiger partial charge in [-0.3, -0.25) is 9.59 Å². The number of ether oxygens (including phenoxy) is 1. The van der Waals surface area contributed by atoms with Gasteiger partial charge in [-0.05, 0) is 29.0 Å². The second-order valence-corrected chi connectivity index (χ2v) is 7.21. The van der Waals surface area contributed by atoms with Crippen LogP contribution in [0.2, 0.25) is 0 Å². The van der Waals surface area contributed by atoms with Gasteiger partial charge in [-0.2, -0.15) is 0 Å². The number of amides is 2. The van der Waals surface area contributed by atoms with Gasteiger partial charge in [-0.1, -0.05) is 33.8 Å². The molecule has 0 spiro atoms. The zero-order valence-corrected chi connectivity index (χ0v) is 15.4. The predicted octanol–water partition coefficient (Wildman–Crippen LogP) is 2.36. The van der Waals surface area contributed by atoms with Crippen LogP contribution in [0.4, 0.5) is 0 Å². The van der Waals surface area contributed by atoms with E-state index < -0.39 is 11.9 Å². The molecule has 25 heavy (non-hydrogen) atoms. The van der Waals surface area contributed by atoms with Gasteiger partial charge in [-0.15, -0.1) is 0 Å². The number of benzene rings is 1. The van der Waals surface area contributed by atoms with Crippen LogP contribution < -0.4 is 5.73 Å². The standard InChI is InChI=1S/C19H28N2O4/c1-11(2)13-7-15(12(3)4)18(23)16(8-13)19(24)21-5-6-25-10-14(21)9-17(20)22/h7-8,11-12,14,23H,5-6,9-10H2,1-4H3,(H2,20,22). The Labute approximate surface area is 149 Å². The first-order chi connectivity index (χ1) is 11.7. The molecule has 6 heteroatoms. The van der Waals surface area contributed by atoms with Gasteiger partial charge in [-0.25, -0.2) is 0 Å². The molecule has 1 fully saturated rings. The molecule has 0 aliphatic carbocycles. The highest BCUT2D eigenvalue weighted by molar-refractivity contribution is 5.98. The Hall–Kier alpha value is -2.08. The maximum absolute atomic E-state index is 13.1. The van der Waals surface area contributed by atoms with Crippen LogP contribution in [0, 0.1) is 0 Å². The van der Waals surface area contributed by atoms with Gasteiger partial charge in [0.15, 0.2) is 0 Å². The number of carbonyl (C=O) groups is 2. The van der Waals surface area contributed by atoms with Crippen molar-refractivity contribution in [2.24, 2.45) is 5.73 Å². The quantitative estimate of drug-likeness (QED) is 0.854. The maximum atomic E-state index is 13.1. The lowest BCUT2D eigenvalue weighted by molar-refractivity contribution is -0.120. The minimum atomic E-state index is -0.476. The molecule has 6 nitrogen and oxygen atoms in total. The Balaban J connectivity index is 2.44. The fourth-order valence-electron chi connectivity index (χ4n) is 3.09. The summed E-state index contributed by atoms with van der Waals surface area (Å²) in [5, 5.41) is 10.7. The van der Waals surface area contributed by atoms with E-state index in [1.807, 2.05) is 19.9 Å². The first-order valence-electron chi connectivity index (χ1n) is 8.76. The number of phenolic OH excluding ortho intramolecular Hbond substituents is 1. The van der Waals surface area contributed by atoms with Gasteiger partial charge < -0.3 is 20.5 Å². The number of phenols is 1. The van der Waals surface area contributed by atoms with E-state index in [0.717, 1.165) is 11.1 Å². The van der Waals surface area contributed by atoms with Gasteiger partial charge in [0.25, 0.3) is 5.91 Å². The smallest absolute Gasteiger partial charge is 0.258 e. The summed E-state index contributed by atoms with van der Waals surface area (Å²) in [6, 6.07) is 3.32. The minimum Gasteiger partial charge on any atom is -0.507 e. The average Bonchev–Trinajstić information content (AvgIpc) is 2.53. The molecule has 0 saturated carbocycles. The first kappa shape index (κ1) is 19.2. The summed E-state index contributed by atoms with van der Waals surface area (Å²) in [7, 11) is 0. The molecule has 1 aromatic rings. The van der Waals surface area contributed by atoms with Crippen LogP contribution >= 0.6 is 0 Å². The monoisotopic (exact) mass is 348 g/mol. The number of rotatable bonds is 5. The molecule has 1 aliphatic heterocycles. The van der Waals surface area contributed by atoms with Gasteiger partial charge in [0.2, 0.25) is 5.91 Å². The highest BCUT2D eigenvalue weighted by Gasteiger charge is 2.31. The van der Waals surface area contributed by atoms with E-state index in [2.05, 4.69) is 13.8 Å². The van der Waals surface area contributed by atoms with Crippen LogP contribution in [-0.2, 0) is 9.53 Å². The number of primary amides is 1. The molecular weight excluding hydrogens is 320 g/mol. The van der Waals surface area contributed by atoms with Crippen molar-refractivity contribution in [3.63, 3.8) is 0 Å². The topological polar surface area (TPSA) is 92.9 Å². The van der Waals surface area contributed by atoms with Crippen molar-refractivity contribution in [2.75, 3.05) is 19.8 Å². The molecular formula is C19H28N2O4. The van der Waals surface area contributed by atoms with Crippen LogP contribution in [0.3, 0.4) is 0 Å². The van der Waals surface area contributed by atoms with Crippen LogP contribution in [0.5, 0.6) is 5.75 Å². The molecule has 0 aromatic heterocycles. The minimum absolute atomic E-state index is 0.0220. The van der Waals surface area contributed by atoms with E-state index in [4.69, 9.17) is 10.5 Å². The summed E-state index contributed by atoms with van der Waals surface area (Å²) in [6.07, 6.45) is 0.0490. The third-order valence-corrected chi connectivity index (χ3v) is 4.61. The van der Waals surface area contributed by atoms with E-state index in [-0.39, 0.29) is 42.1 Å². The molecule has 1 saturated heterocycles. The average molecular weight is 348 g/mol. The number of nitrogens with two attached hydrogens (primary N) is 1. The van der Waals surface area contributed by atoms with Crippen molar-refractivity contribution in [1.82, 2.24) is 4.90 Å². The zero-order chi connectivity index (χ0) is 18.7. The largest absolute Gasteiger partial charge is 0.507 e. The summed E-state index contributed by atoms with van der Waals surface area (Å²) in [6.45, 7) is 9.12. The van der Waals surface area contributed by atoms with Gasteiger partial charge in [0, 0.05) is 13.0 Å². The van der Waals surface area contributed by atoms with E-state index in [9.17, 15) is 14.7 Å². The highest BCUT2D eigenvalue weighted by atomic mass is 16.5. The summed E-state index contributed by atoms with van der Waals surface area (Å²) in [5.74, 6) is -0.409. The van der Waals surface area contributed by atoms with Crippen molar-refractivity contribution < 1.29 is 19.4 Å². The van der Waals surface area contributed by atoms with Crippen LogP contribution in [0.15, 0.2) is 12.1 Å². The van der Waals surface area contributed by atoms with Crippen molar-refractivity contribution in [3.05, 3.63) is 28.8 Å². The Kier molecular flexibility index (Phi) is 6.06. The molecule has 0 radical (unpaired) electrons. The van der Waals surface area contributed by atoms with Gasteiger partial charge in [0.05, 0.1) is 24.8 Å². The molecule has 1 atom stereocenters. The highest BCUT2D eigenvalue weighted by Crippen LogP contribution is 2.34. The van der Waals surface area contributed by atoms with Gasteiger partial charge >= 0.3 is 0 Å². The Bertz CT molecular complexity index is 655. The van der Waals surface area contributed by atoms with Crippen LogP contribution in [0.1, 0.15) is 67.4 Å². The number of nitrogens with zero attached hydrogens (tertiary/aromatic N) is 1. The zero-order valence-electron chi connectivity index (χ0n) is 15.4. The first-order valence-corrected chi connectivity index (χ1v) is 8.76. The van der Waals surface area contributed by atoms with Crippen molar-refractivity contribution in [1.29, 1.82) is 0 Å². The number of hydrogen-bond acceptors (Lipinski definition) is 4. The third kappa shape index (κ3) is 4.31. The molecule has 1 aromatic carbocycles. The second-order valence-electron chi connectivity index (χ2n) is 7.21. The SMILES string of the molecule is CC(C)c1cc(C(=O)N2CCOCC2CC(N)=O)c(O)c(C(C)C)c1. The Morgan fingerprint density at radius 3 is 2.52 bits per heavy atom. The molecule has 2 amide bonds. The lowest BCUT2D eigenvalue weighted by Crippen LogP contribution is -2.50. The van der Waals surface area contributed by atoms with E-state index >= 15 is 0 Å². The van der Waals surface area contributed by atoms with E-state index in [1.54, 1.807) is 11.0 Å². The molecule has 1 heterocycles. The van der Waals surface area contributed by atoms with Crippen molar-refractivity contribution in [2.45, 2.75) is 52.0 Å². The lowest BCUT2D eigenvalue weighted by atomic mass is 9.91. The molecule has 2 rings (SSSR count). The summed E-state index contributed by atoms with van der Waals surface area (Å²) < 4.78 is 5.39. The predicted molar refractivity (Wildman–Crippen MR) is 95.7 cm³/mol. The Morgan fingerprint density at radius 2 is 1.96 bits per heavy atom. The Morgan fingerprint density at radius 1 is 1.28 bits per heavy atom. The van der Waals surface area contributed by atoms with Crippen LogP contribution in [0.25, 0.3) is 0 Å². The van der Waals surface area contributed by atoms with Gasteiger partial charge in [0.1, 0.15) is 5.75 Å². The number of morpholine rings is 1. The molecule has 1 unspecified atom stereocenters. The fraction of sp³-hybridized carbons (Fsp3) is 0.579. The second kappa shape index (κ2) is 7.87. The summed E-state index contributed by atoms with van der Waals surface area (Å²) in [5.41, 5.74) is 7.35. The summed E-state index contributed by atoms with van der Waals surface area (Å²) in [4.78, 5) is 26.0. The molecule has 0 bridgehead atoms. The lowest BCUT2D eigenvalue weighted by Gasteiger charge is -2.35. The van der Waals surface area contributed by atoms with E-state index in [0.29, 0.717) is 13.2 Å². The van der Waals surface area contributed by atoms with Crippen LogP contribution in [-0.4, -0.2) is 47.6 Å². The molecule has 1 aliphatic rings. The number of carbonyl (C=O) groups excluding carboxylic acids is 2. The maximum Gasteiger partial charge on any atom is 0.258 e. The normalized spacial score (nSPS) is 18.0. The number of aromatic hydroxyl groups is 1. The fourth-order valence-corrected chi connectivity index (χ4v) is 3.09. The van der Waals surface area contributed by atoms with E-state index in [1.165, 1.54) is 0 Å². The number of hydrogen-bond donors (Lipinski definition) is 2. The van der Waals surface area contributed by atoms with Crippen molar-refractivity contribution in [3.8, 4) is 5.75 Å². The van der Waals surface area contributed by atoms with Crippen molar-refractivity contribution >= 4 is 11.8 Å². The summed E-state index contributed by atoms with van der Waals surface area (Å²) >= 11 is 0. The third-order valence-electron chi connectivity index (χ3n) is 4.61. The molecule has 3 N–H and O–H groups in total.